The first-order valence-corrected chi connectivity index (χ1v) is 8.86. The molecule has 3 rings (SSSR count). The molecule has 0 spiro atoms. The number of carboxylic acids is 2. The summed E-state index contributed by atoms with van der Waals surface area (Å²) >= 11 is 6.17. The number of hydrogen-bond donors (Lipinski definition) is 2. The predicted octanol–water partition coefficient (Wildman–Crippen LogP) is 2.50. The summed E-state index contributed by atoms with van der Waals surface area (Å²) in [5.74, 6) is -1.03. The molecular formula is C18H22ClNO6. The summed E-state index contributed by atoms with van der Waals surface area (Å²) in [5.41, 5.74) is -1.65. The van der Waals surface area contributed by atoms with Gasteiger partial charge in [0.15, 0.2) is 11.5 Å². The lowest BCUT2D eigenvalue weighted by molar-refractivity contribution is -0.151. The average Bonchev–Trinajstić information content (AvgIpc) is 3.12. The zero-order valence-corrected chi connectivity index (χ0v) is 15.5. The number of benzene rings is 1. The van der Waals surface area contributed by atoms with Crippen molar-refractivity contribution in [1.82, 2.24) is 4.90 Å². The van der Waals surface area contributed by atoms with E-state index in [2.05, 4.69) is 0 Å². The van der Waals surface area contributed by atoms with Gasteiger partial charge in [-0.15, -0.1) is 0 Å². The number of carboxylic acid groups (broad SMARTS) is 2. The van der Waals surface area contributed by atoms with E-state index in [9.17, 15) is 19.8 Å². The van der Waals surface area contributed by atoms with Crippen LogP contribution in [-0.4, -0.2) is 53.9 Å². The number of aliphatic carboxylic acids is 2. The van der Waals surface area contributed by atoms with Crippen LogP contribution in [0, 0.1) is 10.8 Å². The Hall–Kier alpha value is -1.99. The number of piperidine rings is 1. The van der Waals surface area contributed by atoms with Crippen LogP contribution in [0.3, 0.4) is 0 Å². The lowest BCUT2D eigenvalue weighted by atomic mass is 9.97. The van der Waals surface area contributed by atoms with E-state index in [0.717, 1.165) is 12.0 Å². The summed E-state index contributed by atoms with van der Waals surface area (Å²) in [6.45, 7) is 3.22. The summed E-state index contributed by atoms with van der Waals surface area (Å²) < 4.78 is 11.2. The molecule has 142 valence electrons. The zero-order valence-electron chi connectivity index (χ0n) is 14.7. The van der Waals surface area contributed by atoms with Gasteiger partial charge in [-0.2, -0.15) is 0 Å². The van der Waals surface area contributed by atoms with Gasteiger partial charge in [0.2, 0.25) is 0 Å². The molecule has 0 radical (unpaired) electrons. The van der Waals surface area contributed by atoms with E-state index in [4.69, 9.17) is 21.1 Å². The summed E-state index contributed by atoms with van der Waals surface area (Å²) in [4.78, 5) is 25.2. The second kappa shape index (κ2) is 6.63. The SMILES string of the molecule is CCCOc1c(CN2C[C@@]3(C(=O)O)C[C@@]3(C(=O)O)C2)cc(Cl)cc1OC. The number of likely N-dealkylation sites (tertiary alicyclic amines) is 1. The number of nitrogens with zero attached hydrogens (tertiary/aromatic N) is 1. The molecule has 1 saturated heterocycles. The Morgan fingerprint density at radius 2 is 1.85 bits per heavy atom. The van der Waals surface area contributed by atoms with Crippen LogP contribution in [0.25, 0.3) is 0 Å². The van der Waals surface area contributed by atoms with Crippen LogP contribution >= 0.6 is 11.6 Å². The quantitative estimate of drug-likeness (QED) is 0.711. The van der Waals surface area contributed by atoms with Crippen LogP contribution in [0.1, 0.15) is 25.3 Å². The molecule has 1 aromatic carbocycles. The van der Waals surface area contributed by atoms with E-state index >= 15 is 0 Å². The van der Waals surface area contributed by atoms with Crippen molar-refractivity contribution < 1.29 is 29.3 Å². The van der Waals surface area contributed by atoms with Gasteiger partial charge in [-0.3, -0.25) is 14.5 Å². The highest BCUT2D eigenvalue weighted by molar-refractivity contribution is 6.30. The maximum Gasteiger partial charge on any atom is 0.312 e. The molecule has 7 nitrogen and oxygen atoms in total. The Balaban J connectivity index is 1.87. The summed E-state index contributed by atoms with van der Waals surface area (Å²) in [6, 6.07) is 3.41. The standard InChI is InChI=1S/C18H22ClNO6/c1-3-4-26-14-11(5-12(19)6-13(14)25-2)7-20-9-17(15(21)22)8-18(17,10-20)16(23)24/h5-6H,3-4,7-10H2,1-2H3,(H,21,22)(H,23,24)/t17-,18+. The van der Waals surface area contributed by atoms with Crippen LogP contribution in [0.5, 0.6) is 11.5 Å². The molecule has 2 atom stereocenters. The Labute approximate surface area is 156 Å². The number of fused-ring (bicyclic) bond motifs is 1. The van der Waals surface area contributed by atoms with Gasteiger partial charge in [0.25, 0.3) is 0 Å². The normalized spacial score (nSPS) is 27.0. The highest BCUT2D eigenvalue weighted by Gasteiger charge is 2.80. The third kappa shape index (κ3) is 2.79. The van der Waals surface area contributed by atoms with Crippen LogP contribution in [0.2, 0.25) is 5.02 Å². The second-order valence-corrected chi connectivity index (χ2v) is 7.48. The van der Waals surface area contributed by atoms with Crippen LogP contribution in [-0.2, 0) is 16.1 Å². The average molecular weight is 384 g/mol. The van der Waals surface area contributed by atoms with Crippen molar-refractivity contribution in [2.24, 2.45) is 10.8 Å². The summed E-state index contributed by atoms with van der Waals surface area (Å²) in [5, 5.41) is 19.6. The van der Waals surface area contributed by atoms with E-state index in [1.807, 2.05) is 11.8 Å². The predicted molar refractivity (Wildman–Crippen MR) is 93.8 cm³/mol. The van der Waals surface area contributed by atoms with Gasteiger partial charge in [0, 0.05) is 36.3 Å². The maximum absolute atomic E-state index is 11.7. The first-order valence-electron chi connectivity index (χ1n) is 8.48. The van der Waals surface area contributed by atoms with Crippen molar-refractivity contribution >= 4 is 23.5 Å². The number of hydrogen-bond acceptors (Lipinski definition) is 5. The van der Waals surface area contributed by atoms with Gasteiger partial charge in [-0.05, 0) is 18.9 Å². The molecule has 1 saturated carbocycles. The van der Waals surface area contributed by atoms with Crippen LogP contribution in [0.15, 0.2) is 12.1 Å². The molecule has 1 heterocycles. The molecule has 1 aliphatic carbocycles. The third-order valence-electron chi connectivity index (χ3n) is 5.36. The van der Waals surface area contributed by atoms with Crippen molar-refractivity contribution in [3.8, 4) is 11.5 Å². The second-order valence-electron chi connectivity index (χ2n) is 7.04. The smallest absolute Gasteiger partial charge is 0.312 e. The Bertz CT molecular complexity index is 725. The fraction of sp³-hybridized carbons (Fsp3) is 0.556. The molecule has 8 heteroatoms. The van der Waals surface area contributed by atoms with Crippen molar-refractivity contribution in [2.75, 3.05) is 26.8 Å². The molecule has 0 bridgehead atoms. The lowest BCUT2D eigenvalue weighted by Gasteiger charge is -2.22. The van der Waals surface area contributed by atoms with E-state index < -0.39 is 22.8 Å². The monoisotopic (exact) mass is 383 g/mol. The van der Waals surface area contributed by atoms with E-state index in [-0.39, 0.29) is 19.5 Å². The maximum atomic E-state index is 11.7. The minimum absolute atomic E-state index is 0.180. The number of carbonyl (C=O) groups is 2. The summed E-state index contributed by atoms with van der Waals surface area (Å²) in [6.07, 6.45) is 0.998. The van der Waals surface area contributed by atoms with Crippen molar-refractivity contribution in [3.63, 3.8) is 0 Å². The highest BCUT2D eigenvalue weighted by atomic mass is 35.5. The minimum Gasteiger partial charge on any atom is -0.493 e. The van der Waals surface area contributed by atoms with Crippen molar-refractivity contribution in [2.45, 2.75) is 26.3 Å². The number of rotatable bonds is 8. The minimum atomic E-state index is -1.20. The fourth-order valence-electron chi connectivity index (χ4n) is 4.01. The van der Waals surface area contributed by atoms with Crippen LogP contribution < -0.4 is 9.47 Å². The number of methoxy groups -OCH3 is 1. The van der Waals surface area contributed by atoms with Gasteiger partial charge in [0.05, 0.1) is 24.5 Å². The highest BCUT2D eigenvalue weighted by Crippen LogP contribution is 2.68. The largest absolute Gasteiger partial charge is 0.493 e. The molecule has 2 aliphatic rings. The Morgan fingerprint density at radius 1 is 1.23 bits per heavy atom. The fourth-order valence-corrected chi connectivity index (χ4v) is 4.24. The van der Waals surface area contributed by atoms with Gasteiger partial charge in [-0.25, -0.2) is 0 Å². The van der Waals surface area contributed by atoms with E-state index in [1.165, 1.54) is 7.11 Å². The van der Waals surface area contributed by atoms with Crippen LogP contribution in [0.4, 0.5) is 0 Å². The van der Waals surface area contributed by atoms with Gasteiger partial charge < -0.3 is 19.7 Å². The molecule has 26 heavy (non-hydrogen) atoms. The molecule has 2 fully saturated rings. The topological polar surface area (TPSA) is 96.3 Å². The molecular weight excluding hydrogens is 362 g/mol. The van der Waals surface area contributed by atoms with Gasteiger partial charge in [-0.1, -0.05) is 18.5 Å². The van der Waals surface area contributed by atoms with Gasteiger partial charge in [0.1, 0.15) is 0 Å². The van der Waals surface area contributed by atoms with Crippen molar-refractivity contribution in [1.29, 1.82) is 0 Å². The first kappa shape index (κ1) is 18.8. The molecule has 1 aromatic rings. The lowest BCUT2D eigenvalue weighted by Crippen LogP contribution is -2.28. The van der Waals surface area contributed by atoms with Crippen molar-refractivity contribution in [3.05, 3.63) is 22.7 Å². The van der Waals surface area contributed by atoms with Gasteiger partial charge >= 0.3 is 11.9 Å². The molecule has 0 amide bonds. The third-order valence-corrected chi connectivity index (χ3v) is 5.58. The molecule has 0 unspecified atom stereocenters. The molecule has 1 aliphatic heterocycles. The van der Waals surface area contributed by atoms with E-state index in [0.29, 0.717) is 29.7 Å². The number of ether oxygens (including phenoxy) is 2. The first-order chi connectivity index (χ1) is 12.3. The zero-order chi connectivity index (χ0) is 19.1. The number of halogens is 1. The Morgan fingerprint density at radius 3 is 2.35 bits per heavy atom. The molecule has 2 N–H and O–H groups in total. The summed E-state index contributed by atoms with van der Waals surface area (Å²) in [7, 11) is 1.53. The molecule has 0 aromatic heterocycles. The Kier molecular flexibility index (Phi) is 4.79. The van der Waals surface area contributed by atoms with E-state index in [1.54, 1.807) is 12.1 Å².